The third-order valence-electron chi connectivity index (χ3n) is 8.91. The van der Waals surface area contributed by atoms with Crippen LogP contribution in [0.15, 0.2) is 9.98 Å². The fourth-order valence-electron chi connectivity index (χ4n) is 6.44. The number of unbranched alkanes of at least 4 members (excludes halogenated alkanes) is 14. The quantitative estimate of drug-likeness (QED) is 0.0657. The molecular formula is C34H68N6OS2. The van der Waals surface area contributed by atoms with E-state index in [-0.39, 0.29) is 12.1 Å². The number of aliphatic imine (C=N–C) groups is 2. The van der Waals surface area contributed by atoms with E-state index in [1.807, 2.05) is 0 Å². The maximum Gasteiger partial charge on any atom is 0.116 e. The molecule has 0 aliphatic carbocycles. The van der Waals surface area contributed by atoms with E-state index in [1.54, 1.807) is 24.1 Å². The van der Waals surface area contributed by atoms with Gasteiger partial charge in [0.2, 0.25) is 0 Å². The average molecular weight is 641 g/mol. The lowest BCUT2D eigenvalue weighted by Crippen LogP contribution is -2.46. The molecule has 2 rings (SSSR count). The van der Waals surface area contributed by atoms with Crippen LogP contribution >= 0.6 is 24.1 Å². The van der Waals surface area contributed by atoms with Gasteiger partial charge in [0.05, 0.1) is 25.2 Å². The Bertz CT molecular complexity index is 690. The van der Waals surface area contributed by atoms with Gasteiger partial charge in [0, 0.05) is 60.8 Å². The van der Waals surface area contributed by atoms with Gasteiger partial charge in [0.25, 0.3) is 0 Å². The maximum absolute atomic E-state index is 6.31. The Morgan fingerprint density at radius 3 is 1.30 bits per heavy atom. The Balaban J connectivity index is 1.79. The molecule has 0 saturated heterocycles. The summed E-state index contributed by atoms with van der Waals surface area (Å²) in [5.41, 5.74) is 12.6. The van der Waals surface area contributed by atoms with Crippen LogP contribution in [0.1, 0.15) is 143 Å². The van der Waals surface area contributed by atoms with Crippen LogP contribution < -0.4 is 11.5 Å². The summed E-state index contributed by atoms with van der Waals surface area (Å²) < 4.78 is 6.21. The third kappa shape index (κ3) is 16.1. The van der Waals surface area contributed by atoms with Crippen LogP contribution in [0.25, 0.3) is 0 Å². The highest BCUT2D eigenvalue weighted by molar-refractivity contribution is 8.07. The lowest BCUT2D eigenvalue weighted by atomic mass is 10.0. The van der Waals surface area contributed by atoms with E-state index < -0.39 is 0 Å². The second-order valence-corrected chi connectivity index (χ2v) is 14.6. The second kappa shape index (κ2) is 24.7. The Hall–Kier alpha value is -0.480. The van der Waals surface area contributed by atoms with Crippen molar-refractivity contribution >= 4 is 35.8 Å². The van der Waals surface area contributed by atoms with Crippen molar-refractivity contribution in [1.82, 2.24) is 9.80 Å². The van der Waals surface area contributed by atoms with Gasteiger partial charge in [0.1, 0.15) is 11.7 Å². The van der Waals surface area contributed by atoms with Crippen molar-refractivity contribution < 1.29 is 3.63 Å². The molecule has 4 atom stereocenters. The predicted molar refractivity (Wildman–Crippen MR) is 193 cm³/mol. The van der Waals surface area contributed by atoms with E-state index in [0.717, 1.165) is 49.4 Å². The number of nitrogens with zero attached hydrogens (tertiary/aromatic N) is 4. The number of nitrogens with two attached hydrogens (primary N) is 2. The van der Waals surface area contributed by atoms with Crippen molar-refractivity contribution in [3.63, 3.8) is 0 Å². The van der Waals surface area contributed by atoms with Gasteiger partial charge in [-0.2, -0.15) is 0 Å². The normalized spacial score (nSPS) is 18.2. The molecule has 0 amide bonds. The number of amidine groups is 2. The molecule has 4 unspecified atom stereocenters. The molecule has 2 aliphatic heterocycles. The van der Waals surface area contributed by atoms with Crippen LogP contribution in [0, 0.1) is 0 Å². The first-order chi connectivity index (χ1) is 21.0. The minimum atomic E-state index is -0.0118. The summed E-state index contributed by atoms with van der Waals surface area (Å²) in [4.78, 5) is 14.5. The van der Waals surface area contributed by atoms with Crippen molar-refractivity contribution in [1.29, 1.82) is 0 Å². The summed E-state index contributed by atoms with van der Waals surface area (Å²) in [6, 6.07) is 0.840. The Morgan fingerprint density at radius 2 is 0.953 bits per heavy atom. The zero-order valence-electron chi connectivity index (χ0n) is 28.4. The summed E-state index contributed by atoms with van der Waals surface area (Å²) in [6.45, 7) is 12.4. The fourth-order valence-corrected chi connectivity index (χ4v) is 8.16. The predicted octanol–water partition coefficient (Wildman–Crippen LogP) is 8.22. The lowest BCUT2D eigenvalue weighted by Gasteiger charge is -2.32. The molecule has 0 saturated carbocycles. The Labute approximate surface area is 275 Å². The molecule has 2 aliphatic rings. The minimum Gasteiger partial charge on any atom is -0.353 e. The zero-order valence-corrected chi connectivity index (χ0v) is 30.1. The standard InChI is InChI=1S/C34H68N6OS2/c1-5-7-9-11-13-15-17-19-21-31(39-25-23-37-33(39)29(3)35)27-42-41-43-28-32(40-26-24-38-34(40)30(4)36)22-20-18-16-14-12-10-8-6-2/h29-32H,5-28,35-36H2,1-4H3. The van der Waals surface area contributed by atoms with Crippen LogP contribution in [0.5, 0.6) is 0 Å². The van der Waals surface area contributed by atoms with Crippen molar-refractivity contribution in [3.8, 4) is 0 Å². The van der Waals surface area contributed by atoms with Gasteiger partial charge < -0.3 is 21.3 Å². The summed E-state index contributed by atoms with van der Waals surface area (Å²) in [6.07, 6.45) is 24.0. The molecule has 0 aromatic rings. The number of rotatable bonds is 28. The van der Waals surface area contributed by atoms with E-state index in [2.05, 4.69) is 37.5 Å². The van der Waals surface area contributed by atoms with E-state index in [0.29, 0.717) is 12.1 Å². The van der Waals surface area contributed by atoms with E-state index in [1.165, 1.54) is 116 Å². The Morgan fingerprint density at radius 1 is 0.605 bits per heavy atom. The van der Waals surface area contributed by atoms with Gasteiger partial charge in [0.15, 0.2) is 0 Å². The molecule has 0 aromatic carbocycles. The average Bonchev–Trinajstić information content (AvgIpc) is 3.68. The minimum absolute atomic E-state index is 0.0118. The van der Waals surface area contributed by atoms with Crippen LogP contribution in [-0.4, -0.2) is 83.3 Å². The van der Waals surface area contributed by atoms with Gasteiger partial charge in [-0.3, -0.25) is 9.98 Å². The van der Waals surface area contributed by atoms with Crippen molar-refractivity contribution in [3.05, 3.63) is 0 Å². The molecule has 43 heavy (non-hydrogen) atoms. The summed E-state index contributed by atoms with van der Waals surface area (Å²) in [5, 5.41) is 0. The molecule has 0 aromatic heterocycles. The molecule has 7 nitrogen and oxygen atoms in total. The van der Waals surface area contributed by atoms with Gasteiger partial charge >= 0.3 is 0 Å². The van der Waals surface area contributed by atoms with Crippen LogP contribution in [0.3, 0.4) is 0 Å². The molecule has 252 valence electrons. The smallest absolute Gasteiger partial charge is 0.116 e. The molecular weight excluding hydrogens is 573 g/mol. The Kier molecular flexibility index (Phi) is 22.2. The first-order valence-electron chi connectivity index (χ1n) is 18.0. The molecule has 0 fully saturated rings. The highest BCUT2D eigenvalue weighted by atomic mass is 32.2. The second-order valence-electron chi connectivity index (χ2n) is 12.9. The van der Waals surface area contributed by atoms with Gasteiger partial charge in [-0.25, -0.2) is 3.63 Å². The maximum atomic E-state index is 6.31. The van der Waals surface area contributed by atoms with Gasteiger partial charge in [-0.15, -0.1) is 0 Å². The number of hydrogen-bond donors (Lipinski definition) is 2. The van der Waals surface area contributed by atoms with Gasteiger partial charge in [-0.05, 0) is 26.7 Å². The highest BCUT2D eigenvalue weighted by Crippen LogP contribution is 2.26. The number of hydrogen-bond acceptors (Lipinski definition) is 9. The molecule has 0 spiro atoms. The monoisotopic (exact) mass is 640 g/mol. The topological polar surface area (TPSA) is 92.5 Å². The molecule has 0 bridgehead atoms. The van der Waals surface area contributed by atoms with Crippen molar-refractivity contribution in [2.24, 2.45) is 21.5 Å². The van der Waals surface area contributed by atoms with Crippen molar-refractivity contribution in [2.45, 2.75) is 167 Å². The highest BCUT2D eigenvalue weighted by Gasteiger charge is 2.29. The van der Waals surface area contributed by atoms with Gasteiger partial charge in [-0.1, -0.05) is 117 Å². The van der Waals surface area contributed by atoms with E-state index in [9.17, 15) is 0 Å². The molecule has 2 heterocycles. The summed E-state index contributed by atoms with van der Waals surface area (Å²) >= 11 is 3.25. The van der Waals surface area contributed by atoms with Crippen LogP contribution in [0.2, 0.25) is 0 Å². The molecule has 0 radical (unpaired) electrons. The van der Waals surface area contributed by atoms with Crippen LogP contribution in [-0.2, 0) is 3.63 Å². The SMILES string of the molecule is CCCCCCCCCCC(CSOSCC(CCCCCCCCCC)N1CCN=C1C(C)N)N1CCN=C1C(C)N. The van der Waals surface area contributed by atoms with Crippen LogP contribution in [0.4, 0.5) is 0 Å². The first kappa shape index (κ1) is 38.7. The van der Waals surface area contributed by atoms with Crippen molar-refractivity contribution in [2.75, 3.05) is 37.7 Å². The third-order valence-corrected chi connectivity index (χ3v) is 10.7. The summed E-state index contributed by atoms with van der Waals surface area (Å²) in [7, 11) is 0. The largest absolute Gasteiger partial charge is 0.353 e. The first-order valence-corrected chi connectivity index (χ1v) is 19.9. The molecule has 9 heteroatoms. The fraction of sp³-hybridized carbons (Fsp3) is 0.941. The van der Waals surface area contributed by atoms with E-state index >= 15 is 0 Å². The lowest BCUT2D eigenvalue weighted by molar-refractivity contribution is 0.324. The van der Waals surface area contributed by atoms with E-state index in [4.69, 9.17) is 25.1 Å². The molecule has 4 N–H and O–H groups in total. The summed E-state index contributed by atoms with van der Waals surface area (Å²) in [5.74, 6) is 4.07. The zero-order chi connectivity index (χ0) is 31.1.